The number of hydrogen-bond donors (Lipinski definition) is 3. The van der Waals surface area contributed by atoms with Crippen molar-refractivity contribution in [3.63, 3.8) is 0 Å². The average molecular weight is 317 g/mol. The van der Waals surface area contributed by atoms with Gasteiger partial charge in [0.25, 0.3) is 0 Å². The SMILES string of the molecule is NC(=O)CC(NC(=O)CSc1ccc(Cl)cc1)C(=O)O. The fourth-order valence-corrected chi connectivity index (χ4v) is 2.15. The molecule has 0 aliphatic rings. The van der Waals surface area contributed by atoms with Crippen LogP contribution in [0.5, 0.6) is 0 Å². The van der Waals surface area contributed by atoms with Crippen molar-refractivity contribution in [2.45, 2.75) is 17.4 Å². The number of aliphatic carboxylic acids is 1. The quantitative estimate of drug-likeness (QED) is 0.647. The molecule has 6 nitrogen and oxygen atoms in total. The van der Waals surface area contributed by atoms with Crippen LogP contribution in [0.4, 0.5) is 0 Å². The van der Waals surface area contributed by atoms with Crippen molar-refractivity contribution in [3.05, 3.63) is 29.3 Å². The van der Waals surface area contributed by atoms with Gasteiger partial charge in [-0.3, -0.25) is 9.59 Å². The summed E-state index contributed by atoms with van der Waals surface area (Å²) in [5.41, 5.74) is 4.91. The minimum atomic E-state index is -1.30. The van der Waals surface area contributed by atoms with Crippen LogP contribution >= 0.6 is 23.4 Å². The van der Waals surface area contributed by atoms with Crippen molar-refractivity contribution >= 4 is 41.1 Å². The van der Waals surface area contributed by atoms with E-state index >= 15 is 0 Å². The van der Waals surface area contributed by atoms with E-state index in [9.17, 15) is 14.4 Å². The van der Waals surface area contributed by atoms with Crippen LogP contribution in [0.25, 0.3) is 0 Å². The Kier molecular flexibility index (Phi) is 6.33. The van der Waals surface area contributed by atoms with Gasteiger partial charge in [0.05, 0.1) is 12.2 Å². The zero-order valence-corrected chi connectivity index (χ0v) is 11.9. The average Bonchev–Trinajstić information content (AvgIpc) is 2.36. The number of thioether (sulfide) groups is 1. The highest BCUT2D eigenvalue weighted by Gasteiger charge is 2.21. The second kappa shape index (κ2) is 7.76. The van der Waals surface area contributed by atoms with E-state index in [1.165, 1.54) is 11.8 Å². The Labute approximate surface area is 124 Å². The molecule has 0 heterocycles. The Hall–Kier alpha value is -1.73. The number of carbonyl (C=O) groups excluding carboxylic acids is 2. The molecule has 2 amide bonds. The van der Waals surface area contributed by atoms with Gasteiger partial charge in [-0.05, 0) is 24.3 Å². The zero-order valence-electron chi connectivity index (χ0n) is 10.3. The highest BCUT2D eigenvalue weighted by Crippen LogP contribution is 2.19. The molecule has 1 rings (SSSR count). The molecule has 1 aromatic carbocycles. The molecule has 0 bridgehead atoms. The number of nitrogens with one attached hydrogen (secondary N) is 1. The Balaban J connectivity index is 2.47. The largest absolute Gasteiger partial charge is 0.480 e. The second-order valence-electron chi connectivity index (χ2n) is 3.87. The Morgan fingerprint density at radius 2 is 1.90 bits per heavy atom. The van der Waals surface area contributed by atoms with Crippen LogP contribution in [0.15, 0.2) is 29.2 Å². The maximum Gasteiger partial charge on any atom is 0.326 e. The van der Waals surface area contributed by atoms with E-state index < -0.39 is 30.2 Å². The first-order valence-electron chi connectivity index (χ1n) is 5.57. The first kappa shape index (κ1) is 16.3. The maximum atomic E-state index is 11.6. The molecule has 0 radical (unpaired) electrons. The van der Waals surface area contributed by atoms with E-state index in [1.54, 1.807) is 24.3 Å². The smallest absolute Gasteiger partial charge is 0.326 e. The van der Waals surface area contributed by atoms with E-state index in [0.717, 1.165) is 4.90 Å². The van der Waals surface area contributed by atoms with Crippen LogP contribution in [-0.2, 0) is 14.4 Å². The molecule has 8 heteroatoms. The fraction of sp³-hybridized carbons (Fsp3) is 0.250. The summed E-state index contributed by atoms with van der Waals surface area (Å²) in [7, 11) is 0. The zero-order chi connectivity index (χ0) is 15.1. The number of benzene rings is 1. The molecule has 0 fully saturated rings. The van der Waals surface area contributed by atoms with Gasteiger partial charge in [-0.1, -0.05) is 11.6 Å². The summed E-state index contributed by atoms with van der Waals surface area (Å²) in [5.74, 6) is -2.54. The van der Waals surface area contributed by atoms with Gasteiger partial charge in [0, 0.05) is 9.92 Å². The van der Waals surface area contributed by atoms with Gasteiger partial charge in [-0.25, -0.2) is 4.79 Å². The van der Waals surface area contributed by atoms with Crippen LogP contribution in [-0.4, -0.2) is 34.7 Å². The van der Waals surface area contributed by atoms with Gasteiger partial charge in [-0.2, -0.15) is 0 Å². The minimum Gasteiger partial charge on any atom is -0.480 e. The molecular formula is C12H13ClN2O4S. The number of primary amides is 1. The van der Waals surface area contributed by atoms with Gasteiger partial charge in [0.1, 0.15) is 6.04 Å². The number of carboxylic acids is 1. The van der Waals surface area contributed by atoms with Gasteiger partial charge >= 0.3 is 5.97 Å². The molecule has 20 heavy (non-hydrogen) atoms. The highest BCUT2D eigenvalue weighted by molar-refractivity contribution is 8.00. The third kappa shape index (κ3) is 5.94. The Morgan fingerprint density at radius 1 is 1.30 bits per heavy atom. The molecule has 0 aromatic heterocycles. The van der Waals surface area contributed by atoms with E-state index in [2.05, 4.69) is 5.32 Å². The topological polar surface area (TPSA) is 109 Å². The highest BCUT2D eigenvalue weighted by atomic mass is 35.5. The van der Waals surface area contributed by atoms with Crippen molar-refractivity contribution in [1.29, 1.82) is 0 Å². The normalized spacial score (nSPS) is 11.7. The van der Waals surface area contributed by atoms with Gasteiger partial charge < -0.3 is 16.2 Å². The molecule has 108 valence electrons. The summed E-state index contributed by atoms with van der Waals surface area (Å²) < 4.78 is 0. The van der Waals surface area contributed by atoms with Crippen LogP contribution < -0.4 is 11.1 Å². The van der Waals surface area contributed by atoms with Crippen LogP contribution in [0, 0.1) is 0 Å². The first-order valence-corrected chi connectivity index (χ1v) is 6.93. The lowest BCUT2D eigenvalue weighted by Crippen LogP contribution is -2.44. The van der Waals surface area contributed by atoms with Gasteiger partial charge in [0.15, 0.2) is 0 Å². The van der Waals surface area contributed by atoms with Crippen molar-refractivity contribution in [2.75, 3.05) is 5.75 Å². The van der Waals surface area contributed by atoms with Crippen LogP contribution in [0.3, 0.4) is 0 Å². The molecule has 1 unspecified atom stereocenters. The van der Waals surface area contributed by atoms with Crippen LogP contribution in [0.1, 0.15) is 6.42 Å². The lowest BCUT2D eigenvalue weighted by Gasteiger charge is -2.12. The van der Waals surface area contributed by atoms with E-state index in [1.807, 2.05) is 0 Å². The summed E-state index contributed by atoms with van der Waals surface area (Å²) in [6.07, 6.45) is -0.438. The standard InChI is InChI=1S/C12H13ClN2O4S/c13-7-1-3-8(4-2-7)20-6-11(17)15-9(12(18)19)5-10(14)16/h1-4,9H,5-6H2,(H2,14,16)(H,15,17)(H,18,19). The summed E-state index contributed by atoms with van der Waals surface area (Å²) in [6, 6.07) is 5.58. The second-order valence-corrected chi connectivity index (χ2v) is 5.36. The predicted octanol–water partition coefficient (Wildman–Crippen LogP) is 0.877. The molecule has 0 saturated heterocycles. The molecule has 0 aliphatic heterocycles. The number of hydrogen-bond acceptors (Lipinski definition) is 4. The third-order valence-corrected chi connectivity index (χ3v) is 3.49. The molecule has 0 aliphatic carbocycles. The molecule has 1 atom stereocenters. The Morgan fingerprint density at radius 3 is 2.40 bits per heavy atom. The van der Waals surface area contributed by atoms with Crippen molar-refractivity contribution in [3.8, 4) is 0 Å². The van der Waals surface area contributed by atoms with E-state index in [0.29, 0.717) is 5.02 Å². The van der Waals surface area contributed by atoms with Crippen molar-refractivity contribution in [1.82, 2.24) is 5.32 Å². The monoisotopic (exact) mass is 316 g/mol. The Bertz CT molecular complexity index is 507. The molecule has 1 aromatic rings. The first-order chi connectivity index (χ1) is 9.38. The molecule has 0 spiro atoms. The van der Waals surface area contributed by atoms with Crippen LogP contribution in [0.2, 0.25) is 5.02 Å². The predicted molar refractivity (Wildman–Crippen MR) is 75.6 cm³/mol. The number of rotatable bonds is 7. The number of carboxylic acid groups (broad SMARTS) is 1. The lowest BCUT2D eigenvalue weighted by atomic mass is 10.2. The number of carbonyl (C=O) groups is 3. The number of halogens is 1. The summed E-state index contributed by atoms with van der Waals surface area (Å²) in [6.45, 7) is 0. The minimum absolute atomic E-state index is 0.0319. The lowest BCUT2D eigenvalue weighted by molar-refractivity contribution is -0.143. The van der Waals surface area contributed by atoms with E-state index in [-0.39, 0.29) is 5.75 Å². The molecule has 0 saturated carbocycles. The fourth-order valence-electron chi connectivity index (χ4n) is 1.32. The number of nitrogens with two attached hydrogens (primary N) is 1. The summed E-state index contributed by atoms with van der Waals surface area (Å²) in [4.78, 5) is 34.0. The maximum absolute atomic E-state index is 11.6. The van der Waals surface area contributed by atoms with Gasteiger partial charge in [-0.15, -0.1) is 11.8 Å². The van der Waals surface area contributed by atoms with Gasteiger partial charge in [0.2, 0.25) is 11.8 Å². The van der Waals surface area contributed by atoms with E-state index in [4.69, 9.17) is 22.4 Å². The summed E-state index contributed by atoms with van der Waals surface area (Å²) in [5, 5.41) is 11.7. The third-order valence-electron chi connectivity index (χ3n) is 2.22. The molecule has 4 N–H and O–H groups in total. The number of amides is 2. The van der Waals surface area contributed by atoms with Crippen molar-refractivity contribution in [2.24, 2.45) is 5.73 Å². The summed E-state index contributed by atoms with van der Waals surface area (Å²) >= 11 is 6.96. The molecular weight excluding hydrogens is 304 g/mol. The van der Waals surface area contributed by atoms with Crippen molar-refractivity contribution < 1.29 is 19.5 Å².